The molecular weight excluding hydrogens is 144 g/mol. The highest BCUT2D eigenvalue weighted by molar-refractivity contribution is 5.66. The summed E-state index contributed by atoms with van der Waals surface area (Å²) in [5.41, 5.74) is 0. The highest BCUT2D eigenvalue weighted by Crippen LogP contribution is 2.12. The Morgan fingerprint density at radius 1 is 1.55 bits per heavy atom. The predicted molar refractivity (Wildman–Crippen MR) is 42.0 cm³/mol. The minimum Gasteiger partial charge on any atom is -0.430 e. The van der Waals surface area contributed by atoms with E-state index in [-0.39, 0.29) is 5.97 Å². The van der Waals surface area contributed by atoms with Gasteiger partial charge >= 0.3 is 5.97 Å². The van der Waals surface area contributed by atoms with E-state index in [0.717, 1.165) is 0 Å². The van der Waals surface area contributed by atoms with Gasteiger partial charge in [-0.1, -0.05) is 6.08 Å². The van der Waals surface area contributed by atoms with Gasteiger partial charge in [0, 0.05) is 21.0 Å². The van der Waals surface area contributed by atoms with E-state index >= 15 is 0 Å². The topological polar surface area (TPSA) is 35.5 Å². The van der Waals surface area contributed by atoms with E-state index < -0.39 is 5.79 Å². The van der Waals surface area contributed by atoms with Crippen LogP contribution in [-0.2, 0) is 14.3 Å². The molecule has 0 heterocycles. The van der Waals surface area contributed by atoms with E-state index in [0.29, 0.717) is 0 Å². The van der Waals surface area contributed by atoms with Crippen molar-refractivity contribution in [1.29, 1.82) is 0 Å². The summed E-state index contributed by atoms with van der Waals surface area (Å²) in [6, 6.07) is 0. The molecule has 0 aliphatic heterocycles. The summed E-state index contributed by atoms with van der Waals surface area (Å²) < 4.78 is 9.84. The Hall–Kier alpha value is -0.830. The molecule has 0 saturated carbocycles. The summed E-state index contributed by atoms with van der Waals surface area (Å²) >= 11 is 0. The molecule has 1 atom stereocenters. The molecule has 0 bridgehead atoms. The largest absolute Gasteiger partial charge is 0.430 e. The van der Waals surface area contributed by atoms with E-state index in [1.54, 1.807) is 19.1 Å². The molecule has 0 aliphatic carbocycles. The first-order chi connectivity index (χ1) is 5.04. The van der Waals surface area contributed by atoms with Crippen LogP contribution in [-0.4, -0.2) is 18.9 Å². The Balaban J connectivity index is 4.21. The fourth-order valence-electron chi connectivity index (χ4n) is 0.732. The van der Waals surface area contributed by atoms with Crippen molar-refractivity contribution < 1.29 is 14.3 Å². The first-order valence-electron chi connectivity index (χ1n) is 3.42. The summed E-state index contributed by atoms with van der Waals surface area (Å²) in [5.74, 6) is -1.27. The number of hydrogen-bond donors (Lipinski definition) is 0. The van der Waals surface area contributed by atoms with Gasteiger partial charge in [0.05, 0.1) is 0 Å². The van der Waals surface area contributed by atoms with Crippen molar-refractivity contribution in [3.63, 3.8) is 0 Å². The molecule has 0 spiro atoms. The molecule has 3 heteroatoms. The van der Waals surface area contributed by atoms with Crippen LogP contribution in [0.3, 0.4) is 0 Å². The van der Waals surface area contributed by atoms with E-state index in [2.05, 4.69) is 0 Å². The number of allylic oxidation sites excluding steroid dienone is 1. The lowest BCUT2D eigenvalue weighted by atomic mass is 10.3. The zero-order valence-corrected chi connectivity index (χ0v) is 7.38. The smallest absolute Gasteiger partial charge is 0.305 e. The first kappa shape index (κ1) is 10.2. The minimum absolute atomic E-state index is 0.354. The molecule has 0 radical (unpaired) electrons. The van der Waals surface area contributed by atoms with Gasteiger partial charge in [-0.2, -0.15) is 0 Å². The van der Waals surface area contributed by atoms with Gasteiger partial charge in [-0.05, 0) is 13.0 Å². The minimum atomic E-state index is -0.916. The Kier molecular flexibility index (Phi) is 3.82. The molecule has 64 valence electrons. The number of rotatable bonds is 3. The van der Waals surface area contributed by atoms with Crippen molar-refractivity contribution in [2.24, 2.45) is 0 Å². The van der Waals surface area contributed by atoms with Crippen molar-refractivity contribution in [3.05, 3.63) is 12.2 Å². The monoisotopic (exact) mass is 158 g/mol. The number of carbonyl (C=O) groups excluding carboxylic acids is 1. The van der Waals surface area contributed by atoms with Crippen LogP contribution in [0.5, 0.6) is 0 Å². The summed E-state index contributed by atoms with van der Waals surface area (Å²) in [4.78, 5) is 10.6. The summed E-state index contributed by atoms with van der Waals surface area (Å²) in [7, 11) is 1.49. The Morgan fingerprint density at radius 3 is 2.36 bits per heavy atom. The lowest BCUT2D eigenvalue weighted by Gasteiger charge is -2.23. The zero-order chi connectivity index (χ0) is 8.91. The summed E-state index contributed by atoms with van der Waals surface area (Å²) in [5, 5.41) is 0. The maximum absolute atomic E-state index is 10.6. The molecule has 0 rings (SSSR count). The fourth-order valence-corrected chi connectivity index (χ4v) is 0.732. The third-order valence-corrected chi connectivity index (χ3v) is 1.22. The van der Waals surface area contributed by atoms with Gasteiger partial charge in [0.1, 0.15) is 0 Å². The molecule has 11 heavy (non-hydrogen) atoms. The fraction of sp³-hybridized carbons (Fsp3) is 0.625. The summed E-state index contributed by atoms with van der Waals surface area (Å²) in [6.07, 6.45) is 3.45. The van der Waals surface area contributed by atoms with Crippen molar-refractivity contribution >= 4 is 5.97 Å². The van der Waals surface area contributed by atoms with Gasteiger partial charge < -0.3 is 9.47 Å². The van der Waals surface area contributed by atoms with Crippen molar-refractivity contribution in [3.8, 4) is 0 Å². The van der Waals surface area contributed by atoms with Crippen LogP contribution in [0, 0.1) is 0 Å². The van der Waals surface area contributed by atoms with Gasteiger partial charge in [-0.25, -0.2) is 0 Å². The quantitative estimate of drug-likeness (QED) is 0.354. The maximum Gasteiger partial charge on any atom is 0.305 e. The standard InChI is InChI=1S/C8H14O3/c1-5-6-8(3,10-4)11-7(2)9/h5-6H,1-4H3. The van der Waals surface area contributed by atoms with Crippen LogP contribution >= 0.6 is 0 Å². The molecule has 0 aliphatic rings. The number of methoxy groups -OCH3 is 1. The van der Waals surface area contributed by atoms with Crippen LogP contribution in [0.4, 0.5) is 0 Å². The summed E-state index contributed by atoms with van der Waals surface area (Å²) in [6.45, 7) is 4.86. The second-order valence-electron chi connectivity index (χ2n) is 2.31. The SMILES string of the molecule is CC=CC(C)(OC)OC(C)=O. The Morgan fingerprint density at radius 2 is 2.09 bits per heavy atom. The van der Waals surface area contributed by atoms with Crippen molar-refractivity contribution in [2.75, 3.05) is 7.11 Å². The lowest BCUT2D eigenvalue weighted by Crippen LogP contribution is -2.30. The highest BCUT2D eigenvalue weighted by atomic mass is 16.7. The van der Waals surface area contributed by atoms with E-state index in [1.165, 1.54) is 14.0 Å². The van der Waals surface area contributed by atoms with Gasteiger partial charge in [-0.15, -0.1) is 0 Å². The molecule has 0 aromatic heterocycles. The van der Waals surface area contributed by atoms with Crippen molar-refractivity contribution in [2.45, 2.75) is 26.6 Å². The van der Waals surface area contributed by atoms with Crippen molar-refractivity contribution in [1.82, 2.24) is 0 Å². The van der Waals surface area contributed by atoms with Gasteiger partial charge in [0.25, 0.3) is 0 Å². The number of carbonyl (C=O) groups is 1. The first-order valence-corrected chi connectivity index (χ1v) is 3.42. The van der Waals surface area contributed by atoms with Crippen LogP contribution in [0.15, 0.2) is 12.2 Å². The average Bonchev–Trinajstić information content (AvgIpc) is 1.87. The van der Waals surface area contributed by atoms with E-state index in [4.69, 9.17) is 9.47 Å². The molecule has 0 aromatic carbocycles. The van der Waals surface area contributed by atoms with E-state index in [9.17, 15) is 4.79 Å². The van der Waals surface area contributed by atoms with Crippen LogP contribution in [0.2, 0.25) is 0 Å². The number of ether oxygens (including phenoxy) is 2. The second-order valence-corrected chi connectivity index (χ2v) is 2.31. The van der Waals surface area contributed by atoms with Gasteiger partial charge in [0.15, 0.2) is 0 Å². The second kappa shape index (κ2) is 4.13. The molecule has 1 unspecified atom stereocenters. The molecule has 0 saturated heterocycles. The maximum atomic E-state index is 10.6. The number of hydrogen-bond acceptors (Lipinski definition) is 3. The highest BCUT2D eigenvalue weighted by Gasteiger charge is 2.22. The zero-order valence-electron chi connectivity index (χ0n) is 7.38. The van der Waals surface area contributed by atoms with Gasteiger partial charge in [0.2, 0.25) is 5.79 Å². The number of esters is 1. The molecular formula is C8H14O3. The van der Waals surface area contributed by atoms with Crippen LogP contribution in [0.25, 0.3) is 0 Å². The van der Waals surface area contributed by atoms with Crippen LogP contribution in [0.1, 0.15) is 20.8 Å². The lowest BCUT2D eigenvalue weighted by molar-refractivity contribution is -0.191. The molecule has 0 aromatic rings. The molecule has 3 nitrogen and oxygen atoms in total. The third kappa shape index (κ3) is 3.78. The average molecular weight is 158 g/mol. The predicted octanol–water partition coefficient (Wildman–Crippen LogP) is 1.49. The molecule has 0 amide bonds. The van der Waals surface area contributed by atoms with E-state index in [1.807, 2.05) is 6.92 Å². The Labute approximate surface area is 67.0 Å². The van der Waals surface area contributed by atoms with Crippen LogP contribution < -0.4 is 0 Å². The normalized spacial score (nSPS) is 16.4. The molecule has 0 fully saturated rings. The third-order valence-electron chi connectivity index (χ3n) is 1.22. The van der Waals surface area contributed by atoms with Gasteiger partial charge in [-0.3, -0.25) is 4.79 Å². The molecule has 0 N–H and O–H groups in total. The Bertz CT molecular complexity index is 163.